The van der Waals surface area contributed by atoms with Crippen molar-refractivity contribution in [3.63, 3.8) is 0 Å². The third-order valence-electron chi connectivity index (χ3n) is 5.08. The van der Waals surface area contributed by atoms with Crippen LogP contribution in [0.5, 0.6) is 0 Å². The van der Waals surface area contributed by atoms with Crippen molar-refractivity contribution in [3.05, 3.63) is 36.3 Å². The smallest absolute Gasteiger partial charge is 0.228 e. The summed E-state index contributed by atoms with van der Waals surface area (Å²) in [5.41, 5.74) is 2.88. The summed E-state index contributed by atoms with van der Waals surface area (Å²) in [5, 5.41) is 3.69. The van der Waals surface area contributed by atoms with Crippen molar-refractivity contribution in [2.75, 3.05) is 36.4 Å². The molecule has 0 bridgehead atoms. The van der Waals surface area contributed by atoms with Crippen molar-refractivity contribution < 1.29 is 4.79 Å². The number of piperazine rings is 1. The van der Waals surface area contributed by atoms with E-state index >= 15 is 0 Å². The lowest BCUT2D eigenvalue weighted by molar-refractivity contribution is -0.129. The number of carbonyl (C=O) groups excluding carboxylic acids is 1. The third kappa shape index (κ3) is 5.36. The fraction of sp³-hybridized carbons (Fsp3) is 0.409. The summed E-state index contributed by atoms with van der Waals surface area (Å²) < 4.78 is 1.06. The van der Waals surface area contributed by atoms with Crippen LogP contribution in [-0.2, 0) is 4.79 Å². The van der Waals surface area contributed by atoms with Crippen molar-refractivity contribution in [1.29, 1.82) is 0 Å². The normalized spacial score (nSPS) is 14.2. The van der Waals surface area contributed by atoms with E-state index in [9.17, 15) is 4.79 Å². The van der Waals surface area contributed by atoms with Gasteiger partial charge in [0.05, 0.1) is 28.1 Å². The van der Waals surface area contributed by atoms with Crippen molar-refractivity contribution in [2.24, 2.45) is 0 Å². The molecule has 1 aliphatic rings. The van der Waals surface area contributed by atoms with Crippen LogP contribution in [-0.4, -0.2) is 62.2 Å². The number of nitrogens with one attached hydrogen (secondary N) is 1. The molecule has 1 aliphatic heterocycles. The average Bonchev–Trinajstić information content (AvgIpc) is 3.14. The van der Waals surface area contributed by atoms with Crippen LogP contribution < -0.4 is 10.2 Å². The van der Waals surface area contributed by atoms with Gasteiger partial charge in [-0.3, -0.25) is 4.79 Å². The lowest BCUT2D eigenvalue weighted by Gasteiger charge is -2.35. The SMILES string of the molecule is CC(=O)N1CCN(c2ccc(Nc3nccc(-c4sc(SC(C)C)nc4C)n3)nc2)CC1. The molecule has 1 saturated heterocycles. The van der Waals surface area contributed by atoms with Gasteiger partial charge in [0, 0.05) is 44.5 Å². The second kappa shape index (κ2) is 9.83. The van der Waals surface area contributed by atoms with Crippen molar-refractivity contribution in [1.82, 2.24) is 24.8 Å². The maximum Gasteiger partial charge on any atom is 0.228 e. The van der Waals surface area contributed by atoms with E-state index in [4.69, 9.17) is 0 Å². The number of nitrogens with zero attached hydrogens (tertiary/aromatic N) is 6. The molecule has 4 rings (SSSR count). The first-order valence-electron chi connectivity index (χ1n) is 10.6. The lowest BCUT2D eigenvalue weighted by Crippen LogP contribution is -2.48. The Bertz CT molecular complexity index is 1080. The Kier molecular flexibility index (Phi) is 6.90. The molecule has 0 aromatic carbocycles. The lowest BCUT2D eigenvalue weighted by atomic mass is 10.2. The van der Waals surface area contributed by atoms with E-state index in [2.05, 4.69) is 44.0 Å². The quantitative estimate of drug-likeness (QED) is 0.537. The fourth-order valence-corrected chi connectivity index (χ4v) is 5.83. The second-order valence-corrected chi connectivity index (χ2v) is 10.7. The number of hydrogen-bond acceptors (Lipinski definition) is 9. The zero-order valence-electron chi connectivity index (χ0n) is 18.7. The van der Waals surface area contributed by atoms with Crippen LogP contribution in [0.4, 0.5) is 17.5 Å². The van der Waals surface area contributed by atoms with Gasteiger partial charge < -0.3 is 15.1 Å². The Morgan fingerprint density at radius 2 is 1.91 bits per heavy atom. The van der Waals surface area contributed by atoms with Gasteiger partial charge in [-0.25, -0.2) is 19.9 Å². The molecule has 1 amide bonds. The van der Waals surface area contributed by atoms with Crippen molar-refractivity contribution >= 4 is 46.5 Å². The fourth-order valence-electron chi connectivity index (χ4n) is 3.45. The van der Waals surface area contributed by atoms with Crippen LogP contribution in [0, 0.1) is 6.92 Å². The first-order chi connectivity index (χ1) is 15.4. The molecule has 32 heavy (non-hydrogen) atoms. The standard InChI is InChI=1S/C22H27N7OS2/c1-14(2)31-22-25-15(3)20(32-22)18-7-8-23-21(26-18)27-19-6-5-17(13-24-19)29-11-9-28(10-12-29)16(4)30/h5-8,13-14H,9-12H2,1-4H3,(H,23,24,26,27). The number of pyridine rings is 1. The molecule has 0 radical (unpaired) electrons. The Morgan fingerprint density at radius 3 is 2.56 bits per heavy atom. The van der Waals surface area contributed by atoms with E-state index in [1.54, 1.807) is 36.2 Å². The van der Waals surface area contributed by atoms with Gasteiger partial charge >= 0.3 is 0 Å². The van der Waals surface area contributed by atoms with Gasteiger partial charge in [-0.15, -0.1) is 11.3 Å². The molecule has 3 aromatic rings. The highest BCUT2D eigenvalue weighted by Crippen LogP contribution is 2.35. The molecule has 4 heterocycles. The summed E-state index contributed by atoms with van der Waals surface area (Å²) >= 11 is 3.43. The van der Waals surface area contributed by atoms with Gasteiger partial charge in [0.15, 0.2) is 4.34 Å². The minimum absolute atomic E-state index is 0.132. The summed E-state index contributed by atoms with van der Waals surface area (Å²) in [4.78, 5) is 34.9. The molecule has 0 aliphatic carbocycles. The van der Waals surface area contributed by atoms with Crippen LogP contribution in [0.3, 0.4) is 0 Å². The maximum absolute atomic E-state index is 11.5. The van der Waals surface area contributed by atoms with Gasteiger partial charge in [-0.05, 0) is 25.1 Å². The Hall–Kier alpha value is -2.72. The Balaban J connectivity index is 1.43. The van der Waals surface area contributed by atoms with Gasteiger partial charge in [0.1, 0.15) is 5.82 Å². The molecule has 168 valence electrons. The molecule has 0 atom stereocenters. The van der Waals surface area contributed by atoms with Crippen molar-refractivity contribution in [2.45, 2.75) is 37.3 Å². The molecule has 3 aromatic heterocycles. The molecule has 0 unspecified atom stereocenters. The summed E-state index contributed by atoms with van der Waals surface area (Å²) in [6.45, 7) is 11.1. The zero-order valence-corrected chi connectivity index (χ0v) is 20.3. The highest BCUT2D eigenvalue weighted by molar-refractivity contribution is 8.01. The number of anilines is 3. The first kappa shape index (κ1) is 22.5. The van der Waals surface area contributed by atoms with Gasteiger partial charge in [0.2, 0.25) is 11.9 Å². The highest BCUT2D eigenvalue weighted by atomic mass is 32.2. The predicted octanol–water partition coefficient (Wildman–Crippen LogP) is 4.22. The van der Waals surface area contributed by atoms with E-state index in [0.717, 1.165) is 52.5 Å². The third-order valence-corrected chi connectivity index (χ3v) is 7.36. The highest BCUT2D eigenvalue weighted by Gasteiger charge is 2.19. The average molecular weight is 470 g/mol. The van der Waals surface area contributed by atoms with E-state index in [1.807, 2.05) is 36.2 Å². The number of aromatic nitrogens is 4. The number of thioether (sulfide) groups is 1. The molecule has 0 spiro atoms. The molecule has 0 saturated carbocycles. The van der Waals surface area contributed by atoms with Crippen LogP contribution in [0.15, 0.2) is 34.9 Å². The predicted molar refractivity (Wildman–Crippen MR) is 131 cm³/mol. The summed E-state index contributed by atoms with van der Waals surface area (Å²) in [5.74, 6) is 1.32. The molecule has 1 fully saturated rings. The topological polar surface area (TPSA) is 87.1 Å². The number of hydrogen-bond donors (Lipinski definition) is 1. The minimum Gasteiger partial charge on any atom is -0.367 e. The number of amides is 1. The minimum atomic E-state index is 0.132. The zero-order chi connectivity index (χ0) is 22.7. The molecular formula is C22H27N7OS2. The largest absolute Gasteiger partial charge is 0.367 e. The van der Waals surface area contributed by atoms with Gasteiger partial charge in [0.25, 0.3) is 0 Å². The van der Waals surface area contributed by atoms with Crippen molar-refractivity contribution in [3.8, 4) is 10.6 Å². The maximum atomic E-state index is 11.5. The molecule has 8 nitrogen and oxygen atoms in total. The number of aryl methyl sites for hydroxylation is 1. The monoisotopic (exact) mass is 469 g/mol. The summed E-state index contributed by atoms with van der Waals surface area (Å²) in [7, 11) is 0. The van der Waals surface area contributed by atoms with E-state index < -0.39 is 0 Å². The molecule has 10 heteroatoms. The number of carbonyl (C=O) groups is 1. The Labute approximate surface area is 196 Å². The van der Waals surface area contributed by atoms with E-state index in [0.29, 0.717) is 17.0 Å². The van der Waals surface area contributed by atoms with E-state index in [-0.39, 0.29) is 5.91 Å². The van der Waals surface area contributed by atoms with Crippen LogP contribution in [0.2, 0.25) is 0 Å². The van der Waals surface area contributed by atoms with Gasteiger partial charge in [-0.2, -0.15) is 0 Å². The molecule has 1 N–H and O–H groups in total. The van der Waals surface area contributed by atoms with Crippen LogP contribution in [0.1, 0.15) is 26.5 Å². The summed E-state index contributed by atoms with van der Waals surface area (Å²) in [6.07, 6.45) is 3.60. The second-order valence-electron chi connectivity index (χ2n) is 7.85. The Morgan fingerprint density at radius 1 is 1.12 bits per heavy atom. The van der Waals surface area contributed by atoms with Crippen LogP contribution >= 0.6 is 23.1 Å². The molecular weight excluding hydrogens is 442 g/mol. The number of rotatable bonds is 6. The van der Waals surface area contributed by atoms with Gasteiger partial charge in [-0.1, -0.05) is 25.6 Å². The van der Waals surface area contributed by atoms with Crippen LogP contribution in [0.25, 0.3) is 10.6 Å². The summed E-state index contributed by atoms with van der Waals surface area (Å²) in [6, 6.07) is 5.87. The van der Waals surface area contributed by atoms with E-state index in [1.165, 1.54) is 0 Å². The first-order valence-corrected chi connectivity index (χ1v) is 12.3. The number of thiazole rings is 1.